The standard InChI is InChI=1S/C63H122O17P2/c1-9-53(5)39-31-23-15-13-14-16-27-35-43-60(65)73-49-58(79-62(67)45-37-29-21-18-25-33-41-55(7)11-3)51-77-81(69,70)75-47-57(64)48-76-82(71,72)78-52-59(80-63(68)46-38-30-22-19-26-34-42-56(8)12-4)50-74-61(66)44-36-28-20-17-24-32-40-54(6)10-2/h53-59,64H,9-52H2,1-8H3,(H,69,70)(H,71,72)/t53?,54?,55?,56?,57-,58-,59-/m1/s1. The molecule has 0 aromatic carbocycles. The van der Waals surface area contributed by atoms with E-state index in [-0.39, 0.29) is 25.7 Å². The van der Waals surface area contributed by atoms with Crippen LogP contribution < -0.4 is 0 Å². The van der Waals surface area contributed by atoms with E-state index in [9.17, 15) is 43.2 Å². The molecule has 0 bridgehead atoms. The van der Waals surface area contributed by atoms with Crippen molar-refractivity contribution in [2.24, 2.45) is 23.7 Å². The minimum atomic E-state index is -4.94. The summed E-state index contributed by atoms with van der Waals surface area (Å²) in [5, 5.41) is 10.5. The van der Waals surface area contributed by atoms with Gasteiger partial charge in [0.1, 0.15) is 19.3 Å². The molecule has 0 fully saturated rings. The lowest BCUT2D eigenvalue weighted by atomic mass is 9.99. The molecular formula is C63H122O17P2. The van der Waals surface area contributed by atoms with Gasteiger partial charge in [0.25, 0.3) is 0 Å². The maximum Gasteiger partial charge on any atom is 0.472 e. The summed E-state index contributed by atoms with van der Waals surface area (Å²) in [5.41, 5.74) is 0. The van der Waals surface area contributed by atoms with E-state index in [1.165, 1.54) is 96.3 Å². The molecule has 0 saturated heterocycles. The molecule has 486 valence electrons. The minimum Gasteiger partial charge on any atom is -0.462 e. The van der Waals surface area contributed by atoms with Crippen LogP contribution in [0.1, 0.15) is 299 Å². The van der Waals surface area contributed by atoms with E-state index in [1.54, 1.807) is 0 Å². The summed E-state index contributed by atoms with van der Waals surface area (Å²) in [6.07, 6.45) is 32.1. The van der Waals surface area contributed by atoms with Crippen LogP contribution in [0.25, 0.3) is 0 Å². The predicted octanol–water partition coefficient (Wildman–Crippen LogP) is 17.0. The molecule has 0 radical (unpaired) electrons. The molecule has 19 heteroatoms. The fraction of sp³-hybridized carbons (Fsp3) is 0.937. The number of carbonyl (C=O) groups excluding carboxylic acids is 4. The number of unbranched alkanes of at least 4 members (excludes halogenated alkanes) is 22. The second-order valence-corrected chi connectivity index (χ2v) is 26.7. The fourth-order valence-electron chi connectivity index (χ4n) is 9.12. The zero-order valence-corrected chi connectivity index (χ0v) is 54.9. The van der Waals surface area contributed by atoms with Gasteiger partial charge in [0, 0.05) is 25.7 Å². The monoisotopic (exact) mass is 1210 g/mol. The van der Waals surface area contributed by atoms with Crippen LogP contribution in [0.3, 0.4) is 0 Å². The van der Waals surface area contributed by atoms with E-state index in [4.69, 9.17) is 37.0 Å². The molecule has 0 aliphatic heterocycles. The Labute approximate surface area is 498 Å². The summed E-state index contributed by atoms with van der Waals surface area (Å²) < 4.78 is 67.9. The first-order valence-corrected chi connectivity index (χ1v) is 35.8. The van der Waals surface area contributed by atoms with Gasteiger partial charge in [-0.3, -0.25) is 37.3 Å². The largest absolute Gasteiger partial charge is 0.472 e. The summed E-state index contributed by atoms with van der Waals surface area (Å²) in [6.45, 7) is 13.9. The van der Waals surface area contributed by atoms with Crippen LogP contribution in [0, 0.1) is 23.7 Å². The summed E-state index contributed by atoms with van der Waals surface area (Å²) in [4.78, 5) is 72.2. The summed E-state index contributed by atoms with van der Waals surface area (Å²) in [7, 11) is -9.89. The lowest BCUT2D eigenvalue weighted by molar-refractivity contribution is -0.161. The number of aliphatic hydroxyl groups is 1. The Morgan fingerprint density at radius 2 is 0.549 bits per heavy atom. The maximum atomic E-state index is 13.0. The van der Waals surface area contributed by atoms with Crippen LogP contribution in [0.15, 0.2) is 0 Å². The Morgan fingerprint density at radius 3 is 0.805 bits per heavy atom. The molecule has 82 heavy (non-hydrogen) atoms. The minimum absolute atomic E-state index is 0.101. The van der Waals surface area contributed by atoms with E-state index in [2.05, 4.69) is 55.4 Å². The first kappa shape index (κ1) is 80.1. The highest BCUT2D eigenvalue weighted by Crippen LogP contribution is 2.45. The Balaban J connectivity index is 5.27. The van der Waals surface area contributed by atoms with Gasteiger partial charge in [-0.25, -0.2) is 9.13 Å². The normalized spacial score (nSPS) is 15.8. The first-order valence-electron chi connectivity index (χ1n) is 32.9. The number of phosphoric acid groups is 2. The van der Waals surface area contributed by atoms with Crippen LogP contribution >= 0.6 is 15.6 Å². The Hall–Kier alpha value is -1.94. The zero-order valence-electron chi connectivity index (χ0n) is 53.1. The van der Waals surface area contributed by atoms with Crippen LogP contribution in [0.5, 0.6) is 0 Å². The van der Waals surface area contributed by atoms with Crippen molar-refractivity contribution in [1.29, 1.82) is 0 Å². The third kappa shape index (κ3) is 52.4. The molecule has 3 N–H and O–H groups in total. The van der Waals surface area contributed by atoms with Crippen LogP contribution in [0.2, 0.25) is 0 Å². The second kappa shape index (κ2) is 53.3. The SMILES string of the molecule is CCC(C)CCCCCCCCCCC(=O)OC[C@H](COP(=O)(O)OC[C@@H](O)COP(=O)(O)OC[C@@H](COC(=O)CCCCCCCCC(C)CC)OC(=O)CCCCCCCCC(C)CC)OC(=O)CCCCCCCCC(C)CC. The summed E-state index contributed by atoms with van der Waals surface area (Å²) in [5.74, 6) is 0.803. The van der Waals surface area contributed by atoms with Crippen molar-refractivity contribution in [3.63, 3.8) is 0 Å². The van der Waals surface area contributed by atoms with Crippen molar-refractivity contribution in [2.75, 3.05) is 39.6 Å². The van der Waals surface area contributed by atoms with E-state index in [0.717, 1.165) is 120 Å². The van der Waals surface area contributed by atoms with Crippen LogP contribution in [-0.4, -0.2) is 96.7 Å². The van der Waals surface area contributed by atoms with Gasteiger partial charge in [0.15, 0.2) is 12.2 Å². The van der Waals surface area contributed by atoms with Crippen LogP contribution in [0.4, 0.5) is 0 Å². The van der Waals surface area contributed by atoms with Crippen molar-refractivity contribution in [3.05, 3.63) is 0 Å². The van der Waals surface area contributed by atoms with E-state index < -0.39 is 97.5 Å². The number of hydrogen-bond acceptors (Lipinski definition) is 15. The van der Waals surface area contributed by atoms with Crippen molar-refractivity contribution < 1.29 is 80.2 Å². The molecule has 0 amide bonds. The molecule has 9 atom stereocenters. The van der Waals surface area contributed by atoms with Gasteiger partial charge in [-0.2, -0.15) is 0 Å². The smallest absolute Gasteiger partial charge is 0.462 e. The molecule has 0 aromatic heterocycles. The highest BCUT2D eigenvalue weighted by molar-refractivity contribution is 7.47. The predicted molar refractivity (Wildman–Crippen MR) is 326 cm³/mol. The zero-order chi connectivity index (χ0) is 61.1. The Kier molecular flexibility index (Phi) is 52.0. The second-order valence-electron chi connectivity index (χ2n) is 23.8. The molecule has 0 heterocycles. The molecule has 0 rings (SSSR count). The molecular weight excluding hydrogens is 1090 g/mol. The third-order valence-electron chi connectivity index (χ3n) is 15.8. The fourth-order valence-corrected chi connectivity index (χ4v) is 10.7. The van der Waals surface area contributed by atoms with Crippen molar-refractivity contribution in [1.82, 2.24) is 0 Å². The number of carbonyl (C=O) groups is 4. The van der Waals surface area contributed by atoms with E-state index >= 15 is 0 Å². The quantitative estimate of drug-likeness (QED) is 0.0222. The third-order valence-corrected chi connectivity index (χ3v) is 17.7. The highest BCUT2D eigenvalue weighted by atomic mass is 31.2. The number of hydrogen-bond donors (Lipinski definition) is 3. The molecule has 0 aliphatic rings. The van der Waals surface area contributed by atoms with Gasteiger partial charge >= 0.3 is 39.5 Å². The number of phosphoric ester groups is 2. The van der Waals surface area contributed by atoms with E-state index in [0.29, 0.717) is 25.7 Å². The molecule has 6 unspecified atom stereocenters. The Morgan fingerprint density at radius 1 is 0.329 bits per heavy atom. The molecule has 17 nitrogen and oxygen atoms in total. The van der Waals surface area contributed by atoms with Gasteiger partial charge in [0.2, 0.25) is 0 Å². The molecule has 0 aromatic rings. The van der Waals surface area contributed by atoms with Crippen molar-refractivity contribution in [3.8, 4) is 0 Å². The lowest BCUT2D eigenvalue weighted by Crippen LogP contribution is -2.30. The lowest BCUT2D eigenvalue weighted by Gasteiger charge is -2.21. The number of ether oxygens (including phenoxy) is 4. The molecule has 0 saturated carbocycles. The molecule has 0 spiro atoms. The van der Waals surface area contributed by atoms with Crippen LogP contribution in [-0.2, 0) is 65.4 Å². The maximum absolute atomic E-state index is 13.0. The summed E-state index contributed by atoms with van der Waals surface area (Å²) in [6, 6.07) is 0. The number of rotatable bonds is 60. The number of aliphatic hydroxyl groups excluding tert-OH is 1. The van der Waals surface area contributed by atoms with E-state index in [1.807, 2.05) is 0 Å². The molecule has 0 aliphatic carbocycles. The van der Waals surface area contributed by atoms with Crippen molar-refractivity contribution in [2.45, 2.75) is 318 Å². The number of esters is 4. The average Bonchev–Trinajstić information content (AvgIpc) is 3.45. The van der Waals surface area contributed by atoms with Gasteiger partial charge < -0.3 is 33.8 Å². The van der Waals surface area contributed by atoms with Crippen molar-refractivity contribution >= 4 is 39.5 Å². The topological polar surface area (TPSA) is 237 Å². The van der Waals surface area contributed by atoms with Gasteiger partial charge in [-0.1, -0.05) is 248 Å². The van der Waals surface area contributed by atoms with Gasteiger partial charge in [-0.05, 0) is 49.4 Å². The van der Waals surface area contributed by atoms with Gasteiger partial charge in [-0.15, -0.1) is 0 Å². The van der Waals surface area contributed by atoms with Gasteiger partial charge in [0.05, 0.1) is 26.4 Å². The Bertz CT molecular complexity index is 1650. The first-order chi connectivity index (χ1) is 39.2. The highest BCUT2D eigenvalue weighted by Gasteiger charge is 2.30. The average molecular weight is 1210 g/mol. The summed E-state index contributed by atoms with van der Waals surface area (Å²) >= 11 is 0.